The molecule has 3 rings (SSSR count). The molecule has 0 aliphatic heterocycles. The second-order valence-electron chi connectivity index (χ2n) is 7.37. The van der Waals surface area contributed by atoms with Crippen LogP contribution in [0.4, 0.5) is 5.69 Å². The summed E-state index contributed by atoms with van der Waals surface area (Å²) in [7, 11) is -3.51. The van der Waals surface area contributed by atoms with Crippen LogP contribution in [0.25, 0.3) is 0 Å². The van der Waals surface area contributed by atoms with Gasteiger partial charge in [0.05, 0.1) is 4.90 Å². The standard InChI is InChI=1S/C22H28N2O3S/c25-22(13-7-10-18-8-3-1-4-9-18)23-19-14-16-21(17-15-19)28(26,27)24-20-11-5-2-6-12-20/h1,3-4,8-9,14-17,20,24H,2,5-7,10-13H2,(H,23,25). The van der Waals surface area contributed by atoms with Crippen LogP contribution in [-0.2, 0) is 21.2 Å². The second kappa shape index (κ2) is 9.85. The summed E-state index contributed by atoms with van der Waals surface area (Å²) in [6.45, 7) is 0. The highest BCUT2D eigenvalue weighted by Gasteiger charge is 2.21. The maximum absolute atomic E-state index is 12.5. The Labute approximate surface area is 167 Å². The highest BCUT2D eigenvalue weighted by Crippen LogP contribution is 2.21. The van der Waals surface area contributed by atoms with Crippen LogP contribution in [0.5, 0.6) is 0 Å². The van der Waals surface area contributed by atoms with Crippen molar-refractivity contribution in [2.75, 3.05) is 5.32 Å². The van der Waals surface area contributed by atoms with E-state index in [1.165, 1.54) is 12.0 Å². The molecule has 0 atom stereocenters. The SMILES string of the molecule is O=C(CCCc1ccccc1)Nc1ccc(S(=O)(=O)NC2CCCCC2)cc1. The van der Waals surface area contributed by atoms with Crippen LogP contribution in [0.15, 0.2) is 59.5 Å². The molecule has 1 fully saturated rings. The lowest BCUT2D eigenvalue weighted by Crippen LogP contribution is -2.36. The molecule has 1 amide bonds. The molecule has 0 bridgehead atoms. The van der Waals surface area contributed by atoms with Crippen molar-refractivity contribution in [2.24, 2.45) is 0 Å². The minimum absolute atomic E-state index is 0.0303. The maximum atomic E-state index is 12.5. The fourth-order valence-electron chi connectivity index (χ4n) is 3.55. The summed E-state index contributed by atoms with van der Waals surface area (Å²) < 4.78 is 27.8. The Bertz CT molecular complexity index is 858. The summed E-state index contributed by atoms with van der Waals surface area (Å²) in [5, 5.41) is 2.83. The second-order valence-corrected chi connectivity index (χ2v) is 9.08. The smallest absolute Gasteiger partial charge is 0.240 e. The normalized spacial score (nSPS) is 15.3. The molecule has 5 nitrogen and oxygen atoms in total. The molecular weight excluding hydrogens is 372 g/mol. The van der Waals surface area contributed by atoms with E-state index in [9.17, 15) is 13.2 Å². The molecule has 0 heterocycles. The first kappa shape index (κ1) is 20.6. The number of nitrogens with one attached hydrogen (secondary N) is 2. The molecule has 2 N–H and O–H groups in total. The first-order valence-electron chi connectivity index (χ1n) is 9.99. The van der Waals surface area contributed by atoms with Gasteiger partial charge in [-0.05, 0) is 55.5 Å². The minimum Gasteiger partial charge on any atom is -0.326 e. The third kappa shape index (κ3) is 6.17. The lowest BCUT2D eigenvalue weighted by molar-refractivity contribution is -0.116. The highest BCUT2D eigenvalue weighted by molar-refractivity contribution is 7.89. The van der Waals surface area contributed by atoms with Crippen LogP contribution in [0, 0.1) is 0 Å². The molecule has 1 saturated carbocycles. The van der Waals surface area contributed by atoms with Gasteiger partial charge in [0.2, 0.25) is 15.9 Å². The number of carbonyl (C=O) groups is 1. The van der Waals surface area contributed by atoms with Crippen LogP contribution >= 0.6 is 0 Å². The van der Waals surface area contributed by atoms with E-state index >= 15 is 0 Å². The summed E-state index contributed by atoms with van der Waals surface area (Å²) >= 11 is 0. The fraction of sp³-hybridized carbons (Fsp3) is 0.409. The van der Waals surface area contributed by atoms with E-state index in [0.717, 1.165) is 38.5 Å². The lowest BCUT2D eigenvalue weighted by atomic mass is 9.96. The van der Waals surface area contributed by atoms with Crippen molar-refractivity contribution in [2.45, 2.75) is 62.3 Å². The maximum Gasteiger partial charge on any atom is 0.240 e. The number of hydrogen-bond acceptors (Lipinski definition) is 3. The van der Waals surface area contributed by atoms with Crippen molar-refractivity contribution in [3.63, 3.8) is 0 Å². The average Bonchev–Trinajstić information content (AvgIpc) is 2.70. The Morgan fingerprint density at radius 3 is 2.29 bits per heavy atom. The Morgan fingerprint density at radius 1 is 0.929 bits per heavy atom. The first-order chi connectivity index (χ1) is 13.5. The molecule has 1 aliphatic rings. The van der Waals surface area contributed by atoms with Gasteiger partial charge in [-0.2, -0.15) is 0 Å². The average molecular weight is 401 g/mol. The highest BCUT2D eigenvalue weighted by atomic mass is 32.2. The van der Waals surface area contributed by atoms with Crippen molar-refractivity contribution in [3.8, 4) is 0 Å². The molecule has 150 valence electrons. The van der Waals surface area contributed by atoms with E-state index in [1.807, 2.05) is 18.2 Å². The molecule has 2 aromatic carbocycles. The summed E-state index contributed by atoms with van der Waals surface area (Å²) in [6, 6.07) is 16.5. The van der Waals surface area contributed by atoms with Crippen LogP contribution in [0.1, 0.15) is 50.5 Å². The van der Waals surface area contributed by atoms with Gasteiger partial charge >= 0.3 is 0 Å². The molecular formula is C22H28N2O3S. The Hall–Kier alpha value is -2.18. The van der Waals surface area contributed by atoms with Gasteiger partial charge in [-0.3, -0.25) is 4.79 Å². The molecule has 0 radical (unpaired) electrons. The van der Waals surface area contributed by atoms with Crippen molar-refractivity contribution in [1.82, 2.24) is 4.72 Å². The number of anilines is 1. The number of carbonyl (C=O) groups excluding carboxylic acids is 1. The van der Waals surface area contributed by atoms with Gasteiger partial charge in [0.25, 0.3) is 0 Å². The predicted molar refractivity (Wildman–Crippen MR) is 112 cm³/mol. The van der Waals surface area contributed by atoms with Gasteiger partial charge < -0.3 is 5.32 Å². The topological polar surface area (TPSA) is 75.3 Å². The summed E-state index contributed by atoms with van der Waals surface area (Å²) in [6.07, 6.45) is 7.18. The van der Waals surface area contributed by atoms with Gasteiger partial charge in [-0.1, -0.05) is 49.6 Å². The van der Waals surface area contributed by atoms with E-state index < -0.39 is 10.0 Å². The van der Waals surface area contributed by atoms with Crippen molar-refractivity contribution in [1.29, 1.82) is 0 Å². The Balaban J connectivity index is 1.48. The van der Waals surface area contributed by atoms with E-state index in [1.54, 1.807) is 24.3 Å². The molecule has 0 spiro atoms. The zero-order valence-corrected chi connectivity index (χ0v) is 16.9. The number of rotatable bonds is 8. The zero-order valence-electron chi connectivity index (χ0n) is 16.1. The van der Waals surface area contributed by atoms with Crippen molar-refractivity contribution >= 4 is 21.6 Å². The van der Waals surface area contributed by atoms with Crippen molar-refractivity contribution < 1.29 is 13.2 Å². The van der Waals surface area contributed by atoms with Crippen LogP contribution in [-0.4, -0.2) is 20.4 Å². The van der Waals surface area contributed by atoms with Crippen LogP contribution < -0.4 is 10.0 Å². The van der Waals surface area contributed by atoms with Crippen LogP contribution in [0.3, 0.4) is 0 Å². The number of sulfonamides is 1. The first-order valence-corrected chi connectivity index (χ1v) is 11.5. The summed E-state index contributed by atoms with van der Waals surface area (Å²) in [5.74, 6) is -0.0631. The monoisotopic (exact) mass is 400 g/mol. The van der Waals surface area contributed by atoms with E-state index in [4.69, 9.17) is 0 Å². The quantitative estimate of drug-likeness (QED) is 0.695. The van der Waals surface area contributed by atoms with Gasteiger partial charge in [0, 0.05) is 18.2 Å². The third-order valence-electron chi connectivity index (χ3n) is 5.09. The van der Waals surface area contributed by atoms with Gasteiger partial charge in [0.15, 0.2) is 0 Å². The fourth-order valence-corrected chi connectivity index (χ4v) is 4.85. The Kier molecular flexibility index (Phi) is 7.23. The largest absolute Gasteiger partial charge is 0.326 e. The van der Waals surface area contributed by atoms with Gasteiger partial charge in [-0.25, -0.2) is 13.1 Å². The number of hydrogen-bond donors (Lipinski definition) is 2. The van der Waals surface area contributed by atoms with Crippen LogP contribution in [0.2, 0.25) is 0 Å². The molecule has 1 aliphatic carbocycles. The summed E-state index contributed by atoms with van der Waals surface area (Å²) in [5.41, 5.74) is 1.83. The van der Waals surface area contributed by atoms with E-state index in [2.05, 4.69) is 22.2 Å². The molecule has 28 heavy (non-hydrogen) atoms. The number of benzene rings is 2. The van der Waals surface area contributed by atoms with Gasteiger partial charge in [0.1, 0.15) is 0 Å². The van der Waals surface area contributed by atoms with E-state index in [0.29, 0.717) is 12.1 Å². The predicted octanol–water partition coefficient (Wildman–Crippen LogP) is 4.26. The molecule has 6 heteroatoms. The van der Waals surface area contributed by atoms with E-state index in [-0.39, 0.29) is 16.8 Å². The number of aryl methyl sites for hydroxylation is 1. The summed E-state index contributed by atoms with van der Waals surface area (Å²) in [4.78, 5) is 12.3. The molecule has 2 aromatic rings. The molecule has 0 saturated heterocycles. The minimum atomic E-state index is -3.51. The van der Waals surface area contributed by atoms with Gasteiger partial charge in [-0.15, -0.1) is 0 Å². The van der Waals surface area contributed by atoms with Crippen molar-refractivity contribution in [3.05, 3.63) is 60.2 Å². The zero-order chi connectivity index (χ0) is 19.8. The Morgan fingerprint density at radius 2 is 1.61 bits per heavy atom. The molecule has 0 unspecified atom stereocenters. The molecule has 0 aromatic heterocycles. The number of amides is 1. The third-order valence-corrected chi connectivity index (χ3v) is 6.62. The lowest BCUT2D eigenvalue weighted by Gasteiger charge is -2.22.